The molecule has 3 amide bonds. The summed E-state index contributed by atoms with van der Waals surface area (Å²) in [6.45, 7) is 6.57. The third kappa shape index (κ3) is 6.58. The maximum Gasteiger partial charge on any atom is 0.315 e. The number of rotatable bonds is 7. The van der Waals surface area contributed by atoms with Crippen LogP contribution in [0.5, 0.6) is 0 Å². The Balaban J connectivity index is 2.49. The van der Waals surface area contributed by atoms with Crippen molar-refractivity contribution in [1.82, 2.24) is 16.0 Å². The van der Waals surface area contributed by atoms with Gasteiger partial charge in [0.15, 0.2) is 0 Å². The molecule has 1 aromatic rings. The number of hydrogen-bond donors (Lipinski definition) is 3. The molecule has 0 saturated heterocycles. The third-order valence-corrected chi connectivity index (χ3v) is 2.88. The van der Waals surface area contributed by atoms with Crippen molar-refractivity contribution in [2.45, 2.75) is 39.4 Å². The molecule has 0 radical (unpaired) electrons. The Morgan fingerprint density at radius 1 is 1.09 bits per heavy atom. The molecule has 0 spiro atoms. The van der Waals surface area contributed by atoms with E-state index >= 15 is 0 Å². The summed E-state index contributed by atoms with van der Waals surface area (Å²) < 4.78 is 4.98. The van der Waals surface area contributed by atoms with Crippen molar-refractivity contribution < 1.29 is 14.3 Å². The molecule has 0 aliphatic carbocycles. The summed E-state index contributed by atoms with van der Waals surface area (Å²) in [5.41, 5.74) is 1.51. The minimum absolute atomic E-state index is 0.0430. The van der Waals surface area contributed by atoms with Crippen LogP contribution in [0.25, 0.3) is 0 Å². The molecule has 0 aromatic heterocycles. The van der Waals surface area contributed by atoms with E-state index in [0.717, 1.165) is 5.56 Å². The first-order chi connectivity index (χ1) is 10.4. The van der Waals surface area contributed by atoms with E-state index in [1.807, 2.05) is 32.9 Å². The number of carbonyl (C=O) groups excluding carboxylic acids is 2. The molecule has 22 heavy (non-hydrogen) atoms. The highest BCUT2D eigenvalue weighted by Gasteiger charge is 2.09. The fourth-order valence-corrected chi connectivity index (χ4v) is 1.87. The van der Waals surface area contributed by atoms with Gasteiger partial charge in [-0.2, -0.15) is 0 Å². The van der Waals surface area contributed by atoms with Gasteiger partial charge in [-0.05, 0) is 38.5 Å². The van der Waals surface area contributed by atoms with E-state index in [9.17, 15) is 9.59 Å². The van der Waals surface area contributed by atoms with Gasteiger partial charge in [0.1, 0.15) is 0 Å². The van der Waals surface area contributed by atoms with Gasteiger partial charge in [-0.15, -0.1) is 0 Å². The van der Waals surface area contributed by atoms with Crippen molar-refractivity contribution in [2.24, 2.45) is 0 Å². The van der Waals surface area contributed by atoms with Crippen LogP contribution in [0.15, 0.2) is 24.3 Å². The second-order valence-corrected chi connectivity index (χ2v) is 5.51. The van der Waals surface area contributed by atoms with E-state index in [0.29, 0.717) is 18.7 Å². The lowest BCUT2D eigenvalue weighted by molar-refractivity contribution is 0.0905. The Bertz CT molecular complexity index is 486. The van der Waals surface area contributed by atoms with Gasteiger partial charge in [0.25, 0.3) is 5.91 Å². The zero-order valence-corrected chi connectivity index (χ0v) is 13.6. The molecule has 1 unspecified atom stereocenters. The summed E-state index contributed by atoms with van der Waals surface area (Å²) in [6.07, 6.45) is 0. The van der Waals surface area contributed by atoms with Gasteiger partial charge in [0.05, 0.1) is 6.61 Å². The number of ether oxygens (including phenoxy) is 1. The molecule has 6 nitrogen and oxygen atoms in total. The smallest absolute Gasteiger partial charge is 0.315 e. The Morgan fingerprint density at radius 2 is 1.73 bits per heavy atom. The van der Waals surface area contributed by atoms with Crippen LogP contribution >= 0.6 is 0 Å². The van der Waals surface area contributed by atoms with Crippen molar-refractivity contribution in [3.63, 3.8) is 0 Å². The van der Waals surface area contributed by atoms with Gasteiger partial charge in [0.2, 0.25) is 0 Å². The normalized spacial score (nSPS) is 11.9. The van der Waals surface area contributed by atoms with E-state index in [4.69, 9.17) is 4.74 Å². The lowest BCUT2D eigenvalue weighted by atomic mass is 10.1. The van der Waals surface area contributed by atoms with Gasteiger partial charge in [-0.25, -0.2) is 4.79 Å². The number of methoxy groups -OCH3 is 1. The van der Waals surface area contributed by atoms with E-state index in [1.165, 1.54) is 0 Å². The number of amides is 3. The summed E-state index contributed by atoms with van der Waals surface area (Å²) in [7, 11) is 1.60. The molecule has 0 bridgehead atoms. The molecular formula is C16H25N3O3. The summed E-state index contributed by atoms with van der Waals surface area (Å²) in [6, 6.07) is 6.99. The van der Waals surface area contributed by atoms with Crippen molar-refractivity contribution in [2.75, 3.05) is 13.7 Å². The number of hydrogen-bond acceptors (Lipinski definition) is 3. The lowest BCUT2D eigenvalue weighted by Gasteiger charge is -2.13. The van der Waals surface area contributed by atoms with Crippen LogP contribution in [0, 0.1) is 0 Å². The van der Waals surface area contributed by atoms with Crippen LogP contribution in [-0.4, -0.2) is 37.7 Å². The zero-order chi connectivity index (χ0) is 16.5. The summed E-state index contributed by atoms with van der Waals surface area (Å²) in [4.78, 5) is 23.5. The van der Waals surface area contributed by atoms with Crippen LogP contribution in [0.3, 0.4) is 0 Å². The lowest BCUT2D eigenvalue weighted by Crippen LogP contribution is -2.39. The van der Waals surface area contributed by atoms with Crippen LogP contribution in [0.1, 0.15) is 36.7 Å². The third-order valence-electron chi connectivity index (χ3n) is 2.88. The predicted octanol–water partition coefficient (Wildman–Crippen LogP) is 1.66. The molecule has 0 aliphatic heterocycles. The quantitative estimate of drug-likeness (QED) is 0.717. The average Bonchev–Trinajstić information content (AvgIpc) is 2.45. The molecule has 1 aromatic carbocycles. The van der Waals surface area contributed by atoms with Gasteiger partial charge in [0, 0.05) is 31.3 Å². The molecule has 122 valence electrons. The highest BCUT2D eigenvalue weighted by Crippen LogP contribution is 2.05. The van der Waals surface area contributed by atoms with Crippen LogP contribution < -0.4 is 16.0 Å². The van der Waals surface area contributed by atoms with E-state index in [-0.39, 0.29) is 24.0 Å². The maximum atomic E-state index is 12.0. The first-order valence-electron chi connectivity index (χ1n) is 7.35. The Hall–Kier alpha value is -2.08. The van der Waals surface area contributed by atoms with E-state index in [1.54, 1.807) is 19.2 Å². The monoisotopic (exact) mass is 307 g/mol. The Kier molecular flexibility index (Phi) is 7.39. The Labute approximate surface area is 131 Å². The fraction of sp³-hybridized carbons (Fsp3) is 0.500. The fourth-order valence-electron chi connectivity index (χ4n) is 1.87. The van der Waals surface area contributed by atoms with Crippen molar-refractivity contribution in [3.05, 3.63) is 35.4 Å². The second-order valence-electron chi connectivity index (χ2n) is 5.51. The molecule has 1 rings (SSSR count). The summed E-state index contributed by atoms with van der Waals surface area (Å²) in [5, 5.41) is 8.36. The first-order valence-corrected chi connectivity index (χ1v) is 7.35. The Morgan fingerprint density at radius 3 is 2.27 bits per heavy atom. The molecule has 6 heteroatoms. The second kappa shape index (κ2) is 9.04. The molecular weight excluding hydrogens is 282 g/mol. The molecule has 3 N–H and O–H groups in total. The van der Waals surface area contributed by atoms with E-state index < -0.39 is 0 Å². The predicted molar refractivity (Wildman–Crippen MR) is 85.8 cm³/mol. The van der Waals surface area contributed by atoms with Crippen molar-refractivity contribution >= 4 is 11.9 Å². The minimum Gasteiger partial charge on any atom is -0.383 e. The molecule has 0 heterocycles. The SMILES string of the molecule is COCC(C)NC(=O)c1ccc(CNC(=O)NC(C)C)cc1. The number of urea groups is 1. The topological polar surface area (TPSA) is 79.5 Å². The average molecular weight is 307 g/mol. The van der Waals surface area contributed by atoms with Gasteiger partial charge in [-0.3, -0.25) is 4.79 Å². The molecule has 0 fully saturated rings. The number of benzene rings is 1. The summed E-state index contributed by atoms with van der Waals surface area (Å²) >= 11 is 0. The standard InChI is InChI=1S/C16H25N3O3/c1-11(2)18-16(21)17-9-13-5-7-14(8-6-13)15(20)19-12(3)10-22-4/h5-8,11-12H,9-10H2,1-4H3,(H,19,20)(H2,17,18,21). The zero-order valence-electron chi connectivity index (χ0n) is 13.6. The van der Waals surface area contributed by atoms with Crippen molar-refractivity contribution in [1.29, 1.82) is 0 Å². The van der Waals surface area contributed by atoms with Crippen LogP contribution in [0.4, 0.5) is 4.79 Å². The highest BCUT2D eigenvalue weighted by atomic mass is 16.5. The number of carbonyl (C=O) groups is 2. The molecule has 0 saturated carbocycles. The maximum absolute atomic E-state index is 12.0. The van der Waals surface area contributed by atoms with Gasteiger partial charge >= 0.3 is 6.03 Å². The minimum atomic E-state index is -0.204. The highest BCUT2D eigenvalue weighted by molar-refractivity contribution is 5.94. The van der Waals surface area contributed by atoms with Crippen molar-refractivity contribution in [3.8, 4) is 0 Å². The van der Waals surface area contributed by atoms with Gasteiger partial charge in [-0.1, -0.05) is 12.1 Å². The molecule has 0 aliphatic rings. The first kappa shape index (κ1) is 18.0. The molecule has 1 atom stereocenters. The largest absolute Gasteiger partial charge is 0.383 e. The van der Waals surface area contributed by atoms with E-state index in [2.05, 4.69) is 16.0 Å². The summed E-state index contributed by atoms with van der Waals surface area (Å²) in [5.74, 6) is -0.137. The van der Waals surface area contributed by atoms with Gasteiger partial charge < -0.3 is 20.7 Å². The van der Waals surface area contributed by atoms with Crippen LogP contribution in [0.2, 0.25) is 0 Å². The van der Waals surface area contributed by atoms with Crippen LogP contribution in [-0.2, 0) is 11.3 Å². The number of nitrogens with one attached hydrogen (secondary N) is 3.